The monoisotopic (exact) mass is 255 g/mol. The van der Waals surface area contributed by atoms with E-state index in [1.165, 1.54) is 0 Å². The Morgan fingerprint density at radius 2 is 2.18 bits per heavy atom. The van der Waals surface area contributed by atoms with E-state index in [4.69, 9.17) is 17.3 Å². The van der Waals surface area contributed by atoms with Crippen LogP contribution in [0.15, 0.2) is 18.2 Å². The zero-order valence-electron chi connectivity index (χ0n) is 10.3. The number of anilines is 2. The van der Waals surface area contributed by atoms with Crippen LogP contribution in [0.5, 0.6) is 0 Å². The normalized spacial score (nSPS) is 10.4. The van der Waals surface area contributed by atoms with E-state index in [0.29, 0.717) is 10.7 Å². The second-order valence-corrected chi connectivity index (χ2v) is 4.66. The lowest BCUT2D eigenvalue weighted by Crippen LogP contribution is -2.38. The molecule has 0 radical (unpaired) electrons. The van der Waals surface area contributed by atoms with Gasteiger partial charge in [0.05, 0.1) is 22.9 Å². The molecule has 17 heavy (non-hydrogen) atoms. The van der Waals surface area contributed by atoms with Gasteiger partial charge >= 0.3 is 0 Å². The van der Waals surface area contributed by atoms with Crippen molar-refractivity contribution in [2.24, 2.45) is 0 Å². The first kappa shape index (κ1) is 13.6. The van der Waals surface area contributed by atoms with Gasteiger partial charge in [0.25, 0.3) is 0 Å². The van der Waals surface area contributed by atoms with Gasteiger partial charge in [-0.3, -0.25) is 4.79 Å². The van der Waals surface area contributed by atoms with Crippen molar-refractivity contribution in [2.45, 2.75) is 19.9 Å². The second-order valence-electron chi connectivity index (χ2n) is 4.25. The molecule has 3 N–H and O–H groups in total. The summed E-state index contributed by atoms with van der Waals surface area (Å²) >= 11 is 5.93. The van der Waals surface area contributed by atoms with Gasteiger partial charge in [0, 0.05) is 13.1 Å². The Hall–Kier alpha value is -1.42. The Bertz CT molecular complexity index is 407. The van der Waals surface area contributed by atoms with E-state index in [9.17, 15) is 4.79 Å². The lowest BCUT2D eigenvalue weighted by atomic mass is 10.2. The van der Waals surface area contributed by atoms with Crippen molar-refractivity contribution < 1.29 is 4.79 Å². The van der Waals surface area contributed by atoms with Crippen LogP contribution in [-0.2, 0) is 4.79 Å². The minimum Gasteiger partial charge on any atom is -0.396 e. The van der Waals surface area contributed by atoms with Crippen molar-refractivity contribution in [2.75, 3.05) is 24.2 Å². The highest BCUT2D eigenvalue weighted by molar-refractivity contribution is 6.33. The second kappa shape index (κ2) is 5.77. The van der Waals surface area contributed by atoms with Crippen LogP contribution in [0.3, 0.4) is 0 Å². The highest BCUT2D eigenvalue weighted by atomic mass is 35.5. The zero-order valence-corrected chi connectivity index (χ0v) is 11.1. The number of nitrogens with zero attached hydrogens (tertiary/aromatic N) is 1. The molecule has 0 bridgehead atoms. The number of likely N-dealkylation sites (N-methyl/N-ethyl adjacent to an activating group) is 1. The molecule has 0 heterocycles. The number of para-hydroxylation sites is 1. The molecular formula is C12H18ClN3O. The summed E-state index contributed by atoms with van der Waals surface area (Å²) in [6, 6.07) is 5.50. The number of carbonyl (C=O) groups is 1. The summed E-state index contributed by atoms with van der Waals surface area (Å²) in [5.74, 6) is -0.0399. The molecule has 1 amide bonds. The van der Waals surface area contributed by atoms with Gasteiger partial charge in [0.15, 0.2) is 0 Å². The van der Waals surface area contributed by atoms with E-state index < -0.39 is 0 Å². The van der Waals surface area contributed by atoms with Gasteiger partial charge in [-0.05, 0) is 26.0 Å². The van der Waals surface area contributed by atoms with Crippen molar-refractivity contribution in [1.29, 1.82) is 0 Å². The number of nitrogen functional groups attached to an aromatic ring is 1. The Morgan fingerprint density at radius 3 is 2.76 bits per heavy atom. The maximum Gasteiger partial charge on any atom is 0.239 e. The molecule has 0 saturated heterocycles. The quantitative estimate of drug-likeness (QED) is 0.808. The van der Waals surface area contributed by atoms with Crippen molar-refractivity contribution in [3.05, 3.63) is 23.2 Å². The van der Waals surface area contributed by atoms with Crippen LogP contribution in [0, 0.1) is 0 Å². The van der Waals surface area contributed by atoms with E-state index in [1.54, 1.807) is 11.0 Å². The lowest BCUT2D eigenvalue weighted by molar-refractivity contribution is -0.120. The summed E-state index contributed by atoms with van der Waals surface area (Å²) in [4.78, 5) is 13.4. The third kappa shape index (κ3) is 3.82. The molecule has 0 saturated carbocycles. The molecule has 0 aliphatic rings. The third-order valence-electron chi connectivity index (χ3n) is 2.27. The van der Waals surface area contributed by atoms with Gasteiger partial charge in [-0.15, -0.1) is 0 Å². The standard InChI is InChI=1S/C12H18ClN3O/c1-8(2)15-11(17)7-16(3)10-6-4-5-9(13)12(10)14/h4-6,8H,7,14H2,1-3H3,(H,15,17). The van der Waals surface area contributed by atoms with Crippen LogP contribution in [0.25, 0.3) is 0 Å². The van der Waals surface area contributed by atoms with Crippen LogP contribution in [0.2, 0.25) is 5.02 Å². The Morgan fingerprint density at radius 1 is 1.53 bits per heavy atom. The average molecular weight is 256 g/mol. The first-order chi connectivity index (χ1) is 7.91. The van der Waals surface area contributed by atoms with Crippen LogP contribution in [0.1, 0.15) is 13.8 Å². The fraction of sp³-hybridized carbons (Fsp3) is 0.417. The number of amides is 1. The molecule has 4 nitrogen and oxygen atoms in total. The predicted molar refractivity (Wildman–Crippen MR) is 72.4 cm³/mol. The molecule has 5 heteroatoms. The molecule has 1 aromatic rings. The van der Waals surface area contributed by atoms with Gasteiger partial charge in [0.1, 0.15) is 0 Å². The number of halogens is 1. The van der Waals surface area contributed by atoms with E-state index in [1.807, 2.05) is 33.0 Å². The molecule has 0 aromatic heterocycles. The first-order valence-electron chi connectivity index (χ1n) is 5.46. The van der Waals surface area contributed by atoms with Gasteiger partial charge in [-0.1, -0.05) is 17.7 Å². The number of hydrogen-bond acceptors (Lipinski definition) is 3. The largest absolute Gasteiger partial charge is 0.396 e. The lowest BCUT2D eigenvalue weighted by Gasteiger charge is -2.21. The molecule has 0 atom stereocenters. The number of nitrogens with two attached hydrogens (primary N) is 1. The molecular weight excluding hydrogens is 238 g/mol. The van der Waals surface area contributed by atoms with E-state index >= 15 is 0 Å². The summed E-state index contributed by atoms with van der Waals surface area (Å²) < 4.78 is 0. The zero-order chi connectivity index (χ0) is 13.0. The summed E-state index contributed by atoms with van der Waals surface area (Å²) in [5.41, 5.74) is 7.11. The smallest absolute Gasteiger partial charge is 0.239 e. The molecule has 1 rings (SSSR count). The Kier molecular flexibility index (Phi) is 4.63. The molecule has 0 aliphatic carbocycles. The molecule has 0 unspecified atom stereocenters. The number of rotatable bonds is 4. The molecule has 0 fully saturated rings. The first-order valence-corrected chi connectivity index (χ1v) is 5.84. The number of nitrogens with one attached hydrogen (secondary N) is 1. The van der Waals surface area contributed by atoms with Crippen molar-refractivity contribution in [3.63, 3.8) is 0 Å². The summed E-state index contributed by atoms with van der Waals surface area (Å²) in [7, 11) is 1.81. The summed E-state index contributed by atoms with van der Waals surface area (Å²) in [5, 5.41) is 3.32. The number of benzene rings is 1. The highest BCUT2D eigenvalue weighted by Gasteiger charge is 2.11. The van der Waals surface area contributed by atoms with Crippen molar-refractivity contribution in [1.82, 2.24) is 5.32 Å². The number of hydrogen-bond donors (Lipinski definition) is 2. The van der Waals surface area contributed by atoms with Crippen LogP contribution < -0.4 is 16.0 Å². The maximum atomic E-state index is 11.6. The van der Waals surface area contributed by atoms with Crippen molar-refractivity contribution in [3.8, 4) is 0 Å². The van der Waals surface area contributed by atoms with Gasteiger partial charge in [0.2, 0.25) is 5.91 Å². The van der Waals surface area contributed by atoms with Gasteiger partial charge in [-0.2, -0.15) is 0 Å². The van der Waals surface area contributed by atoms with E-state index in [2.05, 4.69) is 5.32 Å². The predicted octanol–water partition coefficient (Wildman–Crippen LogP) is 1.88. The van der Waals surface area contributed by atoms with Crippen LogP contribution in [-0.4, -0.2) is 25.5 Å². The fourth-order valence-electron chi connectivity index (χ4n) is 1.53. The summed E-state index contributed by atoms with van der Waals surface area (Å²) in [6.45, 7) is 4.10. The minimum absolute atomic E-state index is 0.0399. The topological polar surface area (TPSA) is 58.4 Å². The Labute approximate surface area is 107 Å². The minimum atomic E-state index is -0.0399. The third-order valence-corrected chi connectivity index (χ3v) is 2.60. The highest BCUT2D eigenvalue weighted by Crippen LogP contribution is 2.28. The molecule has 1 aromatic carbocycles. The SMILES string of the molecule is CC(C)NC(=O)CN(C)c1cccc(Cl)c1N. The van der Waals surface area contributed by atoms with E-state index in [-0.39, 0.29) is 18.5 Å². The molecule has 0 aliphatic heterocycles. The van der Waals surface area contributed by atoms with Crippen LogP contribution >= 0.6 is 11.6 Å². The molecule has 0 spiro atoms. The number of carbonyl (C=O) groups excluding carboxylic acids is 1. The molecule has 94 valence electrons. The van der Waals surface area contributed by atoms with Crippen molar-refractivity contribution >= 4 is 28.9 Å². The van der Waals surface area contributed by atoms with Gasteiger partial charge < -0.3 is 16.0 Å². The Balaban J connectivity index is 2.73. The van der Waals surface area contributed by atoms with Crippen LogP contribution in [0.4, 0.5) is 11.4 Å². The van der Waals surface area contributed by atoms with E-state index in [0.717, 1.165) is 5.69 Å². The maximum absolute atomic E-state index is 11.6. The average Bonchev–Trinajstić information content (AvgIpc) is 2.20. The van der Waals surface area contributed by atoms with Gasteiger partial charge in [-0.25, -0.2) is 0 Å². The fourth-order valence-corrected chi connectivity index (χ4v) is 1.70. The summed E-state index contributed by atoms with van der Waals surface area (Å²) in [6.07, 6.45) is 0.